The quantitative estimate of drug-likeness (QED) is 0.710. The Labute approximate surface area is 110 Å². The standard InChI is InChI=1S/C13H22N2O2S/c1-3-12-8-4-5-9-13(12)15-18(16,17)11-7-6-10-14-2/h4-5,8-9,14-15H,3,6-7,10-11H2,1-2H3. The lowest BCUT2D eigenvalue weighted by Gasteiger charge is -2.11. The second-order valence-electron chi connectivity index (χ2n) is 4.24. The van der Waals surface area contributed by atoms with E-state index in [9.17, 15) is 8.42 Å². The van der Waals surface area contributed by atoms with Crippen molar-refractivity contribution in [3.05, 3.63) is 29.8 Å². The van der Waals surface area contributed by atoms with Crippen LogP contribution in [0.25, 0.3) is 0 Å². The first-order valence-corrected chi connectivity index (χ1v) is 7.97. The monoisotopic (exact) mass is 270 g/mol. The number of para-hydroxylation sites is 1. The average Bonchev–Trinajstić information content (AvgIpc) is 2.35. The Morgan fingerprint density at radius 3 is 2.56 bits per heavy atom. The van der Waals surface area contributed by atoms with Crippen LogP contribution < -0.4 is 10.0 Å². The molecule has 1 aromatic carbocycles. The van der Waals surface area contributed by atoms with Crippen molar-refractivity contribution < 1.29 is 8.42 Å². The Morgan fingerprint density at radius 2 is 1.89 bits per heavy atom. The molecule has 2 N–H and O–H groups in total. The van der Waals surface area contributed by atoms with E-state index in [1.807, 2.05) is 38.2 Å². The fourth-order valence-corrected chi connectivity index (χ4v) is 2.96. The lowest BCUT2D eigenvalue weighted by molar-refractivity contribution is 0.595. The minimum absolute atomic E-state index is 0.173. The summed E-state index contributed by atoms with van der Waals surface area (Å²) in [5.74, 6) is 0.173. The highest BCUT2D eigenvalue weighted by atomic mass is 32.2. The van der Waals surface area contributed by atoms with E-state index in [0.29, 0.717) is 12.1 Å². The van der Waals surface area contributed by atoms with Gasteiger partial charge in [-0.2, -0.15) is 0 Å². The van der Waals surface area contributed by atoms with Gasteiger partial charge in [0.15, 0.2) is 0 Å². The largest absolute Gasteiger partial charge is 0.320 e. The van der Waals surface area contributed by atoms with E-state index in [4.69, 9.17) is 0 Å². The molecule has 0 radical (unpaired) electrons. The Bertz CT molecular complexity index is 458. The molecular weight excluding hydrogens is 248 g/mol. The van der Waals surface area contributed by atoms with Gasteiger partial charge in [-0.25, -0.2) is 8.42 Å². The van der Waals surface area contributed by atoms with E-state index in [1.165, 1.54) is 0 Å². The predicted octanol–water partition coefficient (Wildman–Crippen LogP) is 1.99. The molecule has 0 aliphatic carbocycles. The van der Waals surface area contributed by atoms with Gasteiger partial charge in [-0.15, -0.1) is 0 Å². The molecule has 5 heteroatoms. The SMILES string of the molecule is CCc1ccccc1NS(=O)(=O)CCCCNC. The van der Waals surface area contributed by atoms with Crippen LogP contribution in [-0.4, -0.2) is 27.8 Å². The van der Waals surface area contributed by atoms with Crippen LogP contribution in [0.3, 0.4) is 0 Å². The number of benzene rings is 1. The van der Waals surface area contributed by atoms with E-state index >= 15 is 0 Å². The number of hydrogen-bond acceptors (Lipinski definition) is 3. The van der Waals surface area contributed by atoms with Gasteiger partial charge < -0.3 is 5.32 Å². The molecule has 0 aromatic heterocycles. The zero-order valence-corrected chi connectivity index (χ0v) is 11.9. The Balaban J connectivity index is 2.59. The van der Waals surface area contributed by atoms with Gasteiger partial charge in [-0.3, -0.25) is 4.72 Å². The third-order valence-electron chi connectivity index (χ3n) is 2.75. The second kappa shape index (κ2) is 7.38. The molecule has 1 rings (SSSR count). The first kappa shape index (κ1) is 15.0. The summed E-state index contributed by atoms with van der Waals surface area (Å²) < 4.78 is 26.5. The molecular formula is C13H22N2O2S. The first-order chi connectivity index (χ1) is 8.59. The zero-order valence-electron chi connectivity index (χ0n) is 11.1. The van der Waals surface area contributed by atoms with Gasteiger partial charge in [0.25, 0.3) is 0 Å². The molecule has 0 spiro atoms. The minimum Gasteiger partial charge on any atom is -0.320 e. The number of unbranched alkanes of at least 4 members (excludes halogenated alkanes) is 1. The van der Waals surface area contributed by atoms with Crippen LogP contribution >= 0.6 is 0 Å². The summed E-state index contributed by atoms with van der Waals surface area (Å²) in [5, 5.41) is 3.01. The number of sulfonamides is 1. The molecule has 0 heterocycles. The van der Waals surface area contributed by atoms with Crippen molar-refractivity contribution in [2.24, 2.45) is 0 Å². The average molecular weight is 270 g/mol. The fraction of sp³-hybridized carbons (Fsp3) is 0.538. The van der Waals surface area contributed by atoms with Crippen molar-refractivity contribution in [3.8, 4) is 0 Å². The van der Waals surface area contributed by atoms with Crippen LogP contribution in [0.5, 0.6) is 0 Å². The summed E-state index contributed by atoms with van der Waals surface area (Å²) in [6.45, 7) is 2.86. The highest BCUT2D eigenvalue weighted by molar-refractivity contribution is 7.92. The van der Waals surface area contributed by atoms with Gasteiger partial charge in [0, 0.05) is 0 Å². The van der Waals surface area contributed by atoms with Crippen molar-refractivity contribution in [2.75, 3.05) is 24.1 Å². The topological polar surface area (TPSA) is 58.2 Å². The van der Waals surface area contributed by atoms with Crippen molar-refractivity contribution in [1.82, 2.24) is 5.32 Å². The molecule has 4 nitrogen and oxygen atoms in total. The molecule has 0 aliphatic heterocycles. The number of aryl methyl sites for hydroxylation is 1. The summed E-state index contributed by atoms with van der Waals surface area (Å²) in [6, 6.07) is 7.52. The van der Waals surface area contributed by atoms with Crippen LogP contribution in [0.2, 0.25) is 0 Å². The first-order valence-electron chi connectivity index (χ1n) is 6.32. The number of nitrogens with one attached hydrogen (secondary N) is 2. The summed E-state index contributed by atoms with van der Waals surface area (Å²) in [7, 11) is -1.36. The van der Waals surface area contributed by atoms with Crippen LogP contribution in [-0.2, 0) is 16.4 Å². The van der Waals surface area contributed by atoms with Crippen molar-refractivity contribution >= 4 is 15.7 Å². The lowest BCUT2D eigenvalue weighted by atomic mass is 10.1. The zero-order chi connectivity index (χ0) is 13.4. The van der Waals surface area contributed by atoms with Crippen molar-refractivity contribution in [2.45, 2.75) is 26.2 Å². The molecule has 102 valence electrons. The Kier molecular flexibility index (Phi) is 6.15. The van der Waals surface area contributed by atoms with Gasteiger partial charge in [0.1, 0.15) is 0 Å². The molecule has 1 aromatic rings. The second-order valence-corrected chi connectivity index (χ2v) is 6.08. The van der Waals surface area contributed by atoms with Crippen LogP contribution in [0, 0.1) is 0 Å². The van der Waals surface area contributed by atoms with Crippen LogP contribution in [0.4, 0.5) is 5.69 Å². The maximum absolute atomic E-state index is 11.9. The summed E-state index contributed by atoms with van der Waals surface area (Å²) in [6.07, 6.45) is 2.36. The smallest absolute Gasteiger partial charge is 0.232 e. The Hall–Kier alpha value is -1.07. The van der Waals surface area contributed by atoms with E-state index in [2.05, 4.69) is 10.0 Å². The normalized spacial score (nSPS) is 11.4. The minimum atomic E-state index is -3.23. The maximum Gasteiger partial charge on any atom is 0.232 e. The highest BCUT2D eigenvalue weighted by Crippen LogP contribution is 2.17. The van der Waals surface area contributed by atoms with Gasteiger partial charge in [-0.05, 0) is 44.5 Å². The summed E-state index contributed by atoms with van der Waals surface area (Å²) in [5.41, 5.74) is 1.73. The van der Waals surface area contributed by atoms with Gasteiger partial charge in [0.2, 0.25) is 10.0 Å². The lowest BCUT2D eigenvalue weighted by Crippen LogP contribution is -2.18. The molecule has 0 saturated heterocycles. The third kappa shape index (κ3) is 5.06. The fourth-order valence-electron chi connectivity index (χ4n) is 1.74. The van der Waals surface area contributed by atoms with E-state index in [1.54, 1.807) is 0 Å². The van der Waals surface area contributed by atoms with E-state index in [-0.39, 0.29) is 5.75 Å². The maximum atomic E-state index is 11.9. The molecule has 0 fully saturated rings. The van der Waals surface area contributed by atoms with Crippen LogP contribution in [0.1, 0.15) is 25.3 Å². The molecule has 0 saturated carbocycles. The molecule has 0 amide bonds. The van der Waals surface area contributed by atoms with E-state index in [0.717, 1.165) is 24.9 Å². The number of hydrogen-bond donors (Lipinski definition) is 2. The molecule has 0 aliphatic rings. The molecule has 0 bridgehead atoms. The highest BCUT2D eigenvalue weighted by Gasteiger charge is 2.11. The molecule has 18 heavy (non-hydrogen) atoms. The van der Waals surface area contributed by atoms with E-state index < -0.39 is 10.0 Å². The van der Waals surface area contributed by atoms with Gasteiger partial charge >= 0.3 is 0 Å². The number of rotatable bonds is 8. The van der Waals surface area contributed by atoms with Gasteiger partial charge in [-0.1, -0.05) is 25.1 Å². The van der Waals surface area contributed by atoms with Gasteiger partial charge in [0.05, 0.1) is 11.4 Å². The molecule has 0 unspecified atom stereocenters. The summed E-state index contributed by atoms with van der Waals surface area (Å²) in [4.78, 5) is 0. The predicted molar refractivity (Wildman–Crippen MR) is 76.4 cm³/mol. The summed E-state index contributed by atoms with van der Waals surface area (Å²) >= 11 is 0. The van der Waals surface area contributed by atoms with Crippen molar-refractivity contribution in [3.63, 3.8) is 0 Å². The third-order valence-corrected chi connectivity index (χ3v) is 4.11. The molecule has 0 atom stereocenters. The Morgan fingerprint density at radius 1 is 1.17 bits per heavy atom. The van der Waals surface area contributed by atoms with Crippen molar-refractivity contribution in [1.29, 1.82) is 0 Å². The number of anilines is 1. The van der Waals surface area contributed by atoms with Crippen LogP contribution in [0.15, 0.2) is 24.3 Å².